The van der Waals surface area contributed by atoms with Gasteiger partial charge in [0.1, 0.15) is 0 Å². The van der Waals surface area contributed by atoms with Gasteiger partial charge in [-0.2, -0.15) is 0 Å². The molecule has 2 saturated heterocycles. The summed E-state index contributed by atoms with van der Waals surface area (Å²) in [5.41, 5.74) is 1.19. The van der Waals surface area contributed by atoms with E-state index in [4.69, 9.17) is 16.6 Å². The van der Waals surface area contributed by atoms with Gasteiger partial charge in [-0.1, -0.05) is 29.8 Å². The largest absolute Gasteiger partial charge is 0.357 e. The first-order chi connectivity index (χ1) is 14.2. The topological polar surface area (TPSA) is 51.2 Å². The van der Waals surface area contributed by atoms with Crippen LogP contribution in [0.25, 0.3) is 0 Å². The van der Waals surface area contributed by atoms with Gasteiger partial charge in [0.2, 0.25) is 5.91 Å². The second-order valence-electron chi connectivity index (χ2n) is 7.78. The molecule has 1 N–H and O–H groups in total. The van der Waals surface area contributed by atoms with Crippen LogP contribution in [0.5, 0.6) is 0 Å². The zero-order valence-corrected chi connectivity index (χ0v) is 21.1. The van der Waals surface area contributed by atoms with E-state index in [9.17, 15) is 4.79 Å². The van der Waals surface area contributed by atoms with Gasteiger partial charge in [0, 0.05) is 57.4 Å². The van der Waals surface area contributed by atoms with Crippen LogP contribution in [0.15, 0.2) is 29.3 Å². The smallest absolute Gasteiger partial charge is 0.236 e. The third-order valence-corrected chi connectivity index (χ3v) is 6.02. The van der Waals surface area contributed by atoms with Gasteiger partial charge in [-0.3, -0.25) is 14.7 Å². The quantitative estimate of drug-likeness (QED) is 0.247. The molecule has 3 rings (SSSR count). The Hall–Kier alpha value is -1.06. The molecule has 2 heterocycles. The minimum Gasteiger partial charge on any atom is -0.357 e. The predicted octanol–water partition coefficient (Wildman–Crippen LogP) is 3.10. The van der Waals surface area contributed by atoms with E-state index in [2.05, 4.69) is 28.1 Å². The molecule has 168 valence electrons. The van der Waals surface area contributed by atoms with Gasteiger partial charge in [0.05, 0.1) is 6.54 Å². The van der Waals surface area contributed by atoms with Crippen molar-refractivity contribution in [1.82, 2.24) is 20.0 Å². The number of nitrogens with one attached hydrogen (secondary N) is 1. The molecule has 2 fully saturated rings. The number of nitrogens with zero attached hydrogens (tertiary/aromatic N) is 4. The number of likely N-dealkylation sites (tertiary alicyclic amines) is 1. The van der Waals surface area contributed by atoms with Crippen LogP contribution in [-0.4, -0.2) is 85.5 Å². The van der Waals surface area contributed by atoms with Crippen molar-refractivity contribution >= 4 is 47.4 Å². The van der Waals surface area contributed by atoms with Crippen LogP contribution in [0.4, 0.5) is 0 Å². The normalized spacial score (nSPS) is 17.7. The highest BCUT2D eigenvalue weighted by Crippen LogP contribution is 2.16. The molecule has 0 aliphatic carbocycles. The molecule has 0 atom stereocenters. The van der Waals surface area contributed by atoms with Crippen LogP contribution >= 0.6 is 35.6 Å². The fourth-order valence-electron chi connectivity index (χ4n) is 3.96. The van der Waals surface area contributed by atoms with Crippen molar-refractivity contribution in [2.75, 3.05) is 58.9 Å². The number of benzene rings is 1. The first-order valence-corrected chi connectivity index (χ1v) is 11.3. The van der Waals surface area contributed by atoms with E-state index in [1.807, 2.05) is 23.1 Å². The lowest BCUT2D eigenvalue weighted by Gasteiger charge is -2.36. The number of aryl methyl sites for hydroxylation is 1. The highest BCUT2D eigenvalue weighted by atomic mass is 127. The van der Waals surface area contributed by atoms with Crippen molar-refractivity contribution in [2.45, 2.75) is 32.6 Å². The molecule has 1 aromatic carbocycles. The third-order valence-electron chi connectivity index (χ3n) is 5.65. The maximum atomic E-state index is 12.4. The molecule has 0 radical (unpaired) electrons. The molecule has 2 aliphatic heterocycles. The standard InChI is InChI=1S/C22H34ClN5O.HI/c1-2-24-22(25-11-7-9-19-8-3-4-10-20(19)23)28-16-14-26(15-17-28)18-21(29)27-12-5-6-13-27;/h3-4,8,10H,2,5-7,9,11-18H2,1H3,(H,24,25);1H. The summed E-state index contributed by atoms with van der Waals surface area (Å²) in [5, 5.41) is 4.26. The Morgan fingerprint density at radius 1 is 1.07 bits per heavy atom. The number of aliphatic imine (C=N–C) groups is 1. The molecule has 30 heavy (non-hydrogen) atoms. The van der Waals surface area contributed by atoms with Crippen molar-refractivity contribution in [3.8, 4) is 0 Å². The lowest BCUT2D eigenvalue weighted by Crippen LogP contribution is -2.54. The zero-order valence-electron chi connectivity index (χ0n) is 18.0. The van der Waals surface area contributed by atoms with Gasteiger partial charge in [-0.25, -0.2) is 0 Å². The Balaban J connectivity index is 0.00000320. The molecular weight excluding hydrogens is 513 g/mol. The molecule has 0 spiro atoms. The number of halogens is 2. The molecular formula is C22H35ClIN5O. The second-order valence-corrected chi connectivity index (χ2v) is 8.19. The molecule has 8 heteroatoms. The van der Waals surface area contributed by atoms with E-state index in [0.29, 0.717) is 6.54 Å². The van der Waals surface area contributed by atoms with Gasteiger partial charge in [-0.15, -0.1) is 24.0 Å². The van der Waals surface area contributed by atoms with Crippen LogP contribution in [0.3, 0.4) is 0 Å². The minimum atomic E-state index is 0. The highest BCUT2D eigenvalue weighted by Gasteiger charge is 2.24. The number of hydrogen-bond acceptors (Lipinski definition) is 3. The summed E-state index contributed by atoms with van der Waals surface area (Å²) in [4.78, 5) is 23.8. The Labute approximate surface area is 203 Å². The first-order valence-electron chi connectivity index (χ1n) is 10.9. The summed E-state index contributed by atoms with van der Waals surface area (Å²) in [7, 11) is 0. The van der Waals surface area contributed by atoms with Gasteiger partial charge >= 0.3 is 0 Å². The second kappa shape index (κ2) is 13.4. The van der Waals surface area contributed by atoms with E-state index in [0.717, 1.165) is 89.0 Å². The SMILES string of the molecule is CCNC(=NCCCc1ccccc1Cl)N1CCN(CC(=O)N2CCCC2)CC1.I. The highest BCUT2D eigenvalue weighted by molar-refractivity contribution is 14.0. The molecule has 2 aliphatic rings. The van der Waals surface area contributed by atoms with E-state index in [1.54, 1.807) is 0 Å². The Morgan fingerprint density at radius 3 is 2.43 bits per heavy atom. The van der Waals surface area contributed by atoms with Crippen LogP contribution in [-0.2, 0) is 11.2 Å². The Morgan fingerprint density at radius 2 is 1.77 bits per heavy atom. The molecule has 0 unspecified atom stereocenters. The van der Waals surface area contributed by atoms with E-state index in [1.165, 1.54) is 5.56 Å². The summed E-state index contributed by atoms with van der Waals surface area (Å²) in [6.07, 6.45) is 4.22. The fourth-order valence-corrected chi connectivity index (χ4v) is 4.19. The van der Waals surface area contributed by atoms with Gasteiger partial charge in [0.25, 0.3) is 0 Å². The monoisotopic (exact) mass is 547 g/mol. The average molecular weight is 548 g/mol. The fraction of sp³-hybridized carbons (Fsp3) is 0.636. The van der Waals surface area contributed by atoms with Crippen LogP contribution < -0.4 is 5.32 Å². The average Bonchev–Trinajstić information content (AvgIpc) is 3.27. The first kappa shape index (κ1) is 25.2. The molecule has 1 amide bonds. The predicted molar refractivity (Wildman–Crippen MR) is 135 cm³/mol. The maximum Gasteiger partial charge on any atom is 0.236 e. The Bertz CT molecular complexity index is 688. The zero-order chi connectivity index (χ0) is 20.5. The summed E-state index contributed by atoms with van der Waals surface area (Å²) in [5.74, 6) is 1.27. The van der Waals surface area contributed by atoms with Crippen LogP contribution in [0, 0.1) is 0 Å². The summed E-state index contributed by atoms with van der Waals surface area (Å²) < 4.78 is 0. The Kier molecular flexibility index (Phi) is 11.2. The lowest BCUT2D eigenvalue weighted by molar-refractivity contribution is -0.131. The molecule has 6 nitrogen and oxygen atoms in total. The number of rotatable bonds is 7. The summed E-state index contributed by atoms with van der Waals surface area (Å²) in [6.45, 7) is 9.79. The molecule has 0 saturated carbocycles. The number of guanidine groups is 1. The number of amides is 1. The maximum absolute atomic E-state index is 12.4. The third kappa shape index (κ3) is 7.57. The number of hydrogen-bond donors (Lipinski definition) is 1. The van der Waals surface area contributed by atoms with Crippen molar-refractivity contribution in [1.29, 1.82) is 0 Å². The van der Waals surface area contributed by atoms with Crippen molar-refractivity contribution in [2.24, 2.45) is 4.99 Å². The summed E-state index contributed by atoms with van der Waals surface area (Å²) in [6, 6.07) is 8.02. The lowest BCUT2D eigenvalue weighted by atomic mass is 10.1. The van der Waals surface area contributed by atoms with Crippen LogP contribution in [0.1, 0.15) is 31.7 Å². The van der Waals surface area contributed by atoms with Gasteiger partial charge in [0.15, 0.2) is 5.96 Å². The van der Waals surface area contributed by atoms with E-state index >= 15 is 0 Å². The summed E-state index contributed by atoms with van der Waals surface area (Å²) >= 11 is 6.24. The van der Waals surface area contributed by atoms with Crippen molar-refractivity contribution in [3.05, 3.63) is 34.9 Å². The molecule has 1 aromatic rings. The van der Waals surface area contributed by atoms with Crippen molar-refractivity contribution < 1.29 is 4.79 Å². The van der Waals surface area contributed by atoms with Crippen molar-refractivity contribution in [3.63, 3.8) is 0 Å². The van der Waals surface area contributed by atoms with E-state index in [-0.39, 0.29) is 29.9 Å². The number of piperazine rings is 1. The molecule has 0 aromatic heterocycles. The minimum absolute atomic E-state index is 0. The van der Waals surface area contributed by atoms with Gasteiger partial charge < -0.3 is 15.1 Å². The molecule has 0 bridgehead atoms. The number of carbonyl (C=O) groups is 1. The van der Waals surface area contributed by atoms with Crippen LogP contribution in [0.2, 0.25) is 5.02 Å². The van der Waals surface area contributed by atoms with E-state index < -0.39 is 0 Å². The van der Waals surface area contributed by atoms with Gasteiger partial charge in [-0.05, 0) is 44.2 Å². The number of carbonyl (C=O) groups excluding carboxylic acids is 1.